The van der Waals surface area contributed by atoms with Gasteiger partial charge in [0.2, 0.25) is 23.6 Å². The lowest BCUT2D eigenvalue weighted by molar-refractivity contribution is -0.127. The molecule has 0 rings (SSSR count). The van der Waals surface area contributed by atoms with E-state index in [1.165, 1.54) is 13.8 Å². The van der Waals surface area contributed by atoms with Gasteiger partial charge < -0.3 is 59.2 Å². The second-order valence-corrected chi connectivity index (χ2v) is 10.3. The van der Waals surface area contributed by atoms with Crippen molar-refractivity contribution in [1.29, 1.82) is 0 Å². The molecular weight excluding hydrogens is 652 g/mol. The average Bonchev–Trinajstić information content (AvgIpc) is 3.05. The summed E-state index contributed by atoms with van der Waals surface area (Å²) in [6, 6.07) is 0. The van der Waals surface area contributed by atoms with Crippen LogP contribution in [0.5, 0.6) is 0 Å². The van der Waals surface area contributed by atoms with Crippen molar-refractivity contribution in [3.05, 3.63) is 0 Å². The summed E-state index contributed by atoms with van der Waals surface area (Å²) in [5.74, 6) is -1.03. The van der Waals surface area contributed by atoms with E-state index in [1.54, 1.807) is 0 Å². The van der Waals surface area contributed by atoms with Gasteiger partial charge in [0.05, 0.1) is 79.3 Å². The second kappa shape index (κ2) is 34.8. The van der Waals surface area contributed by atoms with Gasteiger partial charge in [0.15, 0.2) is 11.6 Å². The Morgan fingerprint density at radius 3 is 0.918 bits per heavy atom. The summed E-state index contributed by atoms with van der Waals surface area (Å²) < 4.78 is 41.8. The van der Waals surface area contributed by atoms with Crippen molar-refractivity contribution in [3.63, 3.8) is 0 Å². The summed E-state index contributed by atoms with van der Waals surface area (Å²) in [4.78, 5) is 68.7. The Hall–Kier alpha value is -3.10. The minimum absolute atomic E-state index is 0.0505. The number of amides is 4. The van der Waals surface area contributed by atoms with Crippen LogP contribution < -0.4 is 21.3 Å². The van der Waals surface area contributed by atoms with Gasteiger partial charge in [-0.1, -0.05) is 0 Å². The van der Waals surface area contributed by atoms with Gasteiger partial charge in [0, 0.05) is 39.0 Å². The Morgan fingerprint density at radius 1 is 0.347 bits per heavy atom. The van der Waals surface area contributed by atoms with E-state index in [2.05, 4.69) is 21.3 Å². The van der Waals surface area contributed by atoms with Crippen LogP contribution in [-0.4, -0.2) is 167 Å². The van der Waals surface area contributed by atoms with Crippen LogP contribution in [0.25, 0.3) is 0 Å². The monoisotopic (exact) mass is 708 g/mol. The van der Waals surface area contributed by atoms with Gasteiger partial charge in [-0.3, -0.25) is 28.8 Å². The lowest BCUT2D eigenvalue weighted by Crippen LogP contribution is -2.31. The fraction of sp³-hybridized carbons (Fsp3) is 0.806. The highest BCUT2D eigenvalue weighted by molar-refractivity contribution is 5.79. The van der Waals surface area contributed by atoms with Gasteiger partial charge in [-0.05, 0) is 20.3 Å². The van der Waals surface area contributed by atoms with Crippen molar-refractivity contribution in [2.45, 2.75) is 33.1 Å². The highest BCUT2D eigenvalue weighted by Gasteiger charge is 2.06. The molecule has 0 bridgehead atoms. The summed E-state index contributed by atoms with van der Waals surface area (Å²) in [7, 11) is 0. The summed E-state index contributed by atoms with van der Waals surface area (Å²) in [6.45, 7) is 7.53. The summed E-state index contributed by atoms with van der Waals surface area (Å²) >= 11 is 0. The van der Waals surface area contributed by atoms with E-state index in [-0.39, 0.29) is 114 Å². The third kappa shape index (κ3) is 37.6. The predicted octanol–water partition coefficient (Wildman–Crippen LogP) is -2.07. The van der Waals surface area contributed by atoms with E-state index in [0.717, 1.165) is 0 Å². The Morgan fingerprint density at radius 2 is 0.612 bits per heavy atom. The zero-order valence-electron chi connectivity index (χ0n) is 29.0. The van der Waals surface area contributed by atoms with Crippen molar-refractivity contribution in [3.8, 4) is 0 Å². The first kappa shape index (κ1) is 45.9. The minimum atomic E-state index is -0.280. The van der Waals surface area contributed by atoms with Crippen molar-refractivity contribution in [1.82, 2.24) is 21.3 Å². The molecule has 0 aliphatic carbocycles. The van der Waals surface area contributed by atoms with Gasteiger partial charge in [0.25, 0.3) is 0 Å². The molecule has 0 aliphatic rings. The fourth-order valence-electron chi connectivity index (χ4n) is 3.38. The zero-order chi connectivity index (χ0) is 36.2. The number of Topliss-reactive ketones (excluding diaryl/α,β-unsaturated/α-hetero) is 2. The number of nitrogens with one attached hydrogen (secondary N) is 4. The molecule has 18 heteroatoms. The Kier molecular flexibility index (Phi) is 32.6. The topological polar surface area (TPSA) is 224 Å². The molecule has 284 valence electrons. The van der Waals surface area contributed by atoms with Crippen LogP contribution in [0.2, 0.25) is 0 Å². The van der Waals surface area contributed by atoms with Gasteiger partial charge >= 0.3 is 0 Å². The third-order valence-electron chi connectivity index (χ3n) is 5.65. The first-order valence-corrected chi connectivity index (χ1v) is 16.4. The number of ether oxygens (including phenoxy) is 8. The Labute approximate surface area is 288 Å². The molecule has 0 unspecified atom stereocenters. The molecular formula is C31H56N4O14. The summed E-state index contributed by atoms with van der Waals surface area (Å²) in [6.07, 6.45) is 0.806. The van der Waals surface area contributed by atoms with E-state index < -0.39 is 0 Å². The summed E-state index contributed by atoms with van der Waals surface area (Å²) in [5.41, 5.74) is 0. The smallest absolute Gasteiger partial charge is 0.246 e. The van der Waals surface area contributed by atoms with E-state index in [4.69, 9.17) is 37.9 Å². The van der Waals surface area contributed by atoms with Crippen LogP contribution >= 0.6 is 0 Å². The third-order valence-corrected chi connectivity index (χ3v) is 5.65. The predicted molar refractivity (Wildman–Crippen MR) is 174 cm³/mol. The molecule has 49 heavy (non-hydrogen) atoms. The maximum atomic E-state index is 11.9. The maximum Gasteiger partial charge on any atom is 0.246 e. The first-order chi connectivity index (χ1) is 23.7. The SMILES string of the molecule is CC(=O)COCCOCCNC(=O)COCCOCCNC(=O)CCCC(=O)NCCOCCOCC(=O)NCCOCCOCC(C)=O. The molecule has 0 atom stereocenters. The quantitative estimate of drug-likeness (QED) is 0.0514. The molecule has 18 nitrogen and oxygen atoms in total. The highest BCUT2D eigenvalue weighted by Crippen LogP contribution is 1.95. The van der Waals surface area contributed by atoms with Crippen LogP contribution in [0.15, 0.2) is 0 Å². The summed E-state index contributed by atoms with van der Waals surface area (Å²) in [5, 5.41) is 10.7. The van der Waals surface area contributed by atoms with Gasteiger partial charge in [-0.15, -0.1) is 0 Å². The number of ketones is 2. The van der Waals surface area contributed by atoms with Crippen molar-refractivity contribution < 1.29 is 66.7 Å². The van der Waals surface area contributed by atoms with Crippen LogP contribution in [0.1, 0.15) is 33.1 Å². The van der Waals surface area contributed by atoms with Gasteiger partial charge in [0.1, 0.15) is 26.4 Å². The average molecular weight is 709 g/mol. The normalized spacial score (nSPS) is 10.8. The Balaban J connectivity index is 3.42. The van der Waals surface area contributed by atoms with E-state index >= 15 is 0 Å². The molecule has 0 spiro atoms. The lowest BCUT2D eigenvalue weighted by atomic mass is 10.2. The number of rotatable bonds is 36. The molecule has 0 aromatic rings. The standard InChI is InChI=1S/C31H56N4O14/c1-26(36)22-46-18-14-44-12-8-34-30(40)24-48-20-16-42-10-6-32-28(38)4-3-5-29(39)33-7-11-43-17-21-49-25-31(41)35-9-13-45-15-19-47-23-27(2)37/h3-25H2,1-2H3,(H,32,38)(H,33,39)(H,34,40)(H,35,41). The van der Waals surface area contributed by atoms with Crippen LogP contribution in [0, 0.1) is 0 Å². The Bertz CT molecular complexity index is 840. The van der Waals surface area contributed by atoms with Gasteiger partial charge in [-0.25, -0.2) is 0 Å². The molecule has 0 aliphatic heterocycles. The van der Waals surface area contributed by atoms with Gasteiger partial charge in [-0.2, -0.15) is 0 Å². The zero-order valence-corrected chi connectivity index (χ0v) is 29.0. The molecule has 4 amide bonds. The molecule has 0 aromatic heterocycles. The molecule has 0 saturated carbocycles. The van der Waals surface area contributed by atoms with E-state index in [9.17, 15) is 28.8 Å². The fourth-order valence-corrected chi connectivity index (χ4v) is 3.38. The van der Waals surface area contributed by atoms with Crippen LogP contribution in [0.4, 0.5) is 0 Å². The van der Waals surface area contributed by atoms with Crippen molar-refractivity contribution in [2.24, 2.45) is 0 Å². The minimum Gasteiger partial charge on any atom is -0.377 e. The number of hydrogen-bond acceptors (Lipinski definition) is 14. The number of carbonyl (C=O) groups is 6. The maximum absolute atomic E-state index is 11.9. The highest BCUT2D eigenvalue weighted by atomic mass is 16.5. The molecule has 4 N–H and O–H groups in total. The van der Waals surface area contributed by atoms with Crippen molar-refractivity contribution >= 4 is 35.2 Å². The molecule has 0 saturated heterocycles. The van der Waals surface area contributed by atoms with Crippen LogP contribution in [-0.2, 0) is 66.7 Å². The largest absolute Gasteiger partial charge is 0.377 e. The van der Waals surface area contributed by atoms with Crippen molar-refractivity contribution in [2.75, 3.05) is 132 Å². The molecule has 0 radical (unpaired) electrons. The lowest BCUT2D eigenvalue weighted by Gasteiger charge is -2.09. The number of hydrogen-bond donors (Lipinski definition) is 4. The molecule has 0 heterocycles. The first-order valence-electron chi connectivity index (χ1n) is 16.4. The number of carbonyl (C=O) groups excluding carboxylic acids is 6. The van der Waals surface area contributed by atoms with E-state index in [0.29, 0.717) is 72.2 Å². The van der Waals surface area contributed by atoms with E-state index in [1.807, 2.05) is 0 Å². The van der Waals surface area contributed by atoms with Crippen LogP contribution in [0.3, 0.4) is 0 Å². The second-order valence-electron chi connectivity index (χ2n) is 10.3. The molecule has 0 fully saturated rings. The molecule has 0 aromatic carbocycles.